The predicted octanol–water partition coefficient (Wildman–Crippen LogP) is 4.78. The molecule has 2 N–H and O–H groups in total. The van der Waals surface area contributed by atoms with Crippen LogP contribution in [0.5, 0.6) is 0 Å². The topological polar surface area (TPSA) is 105 Å². The van der Waals surface area contributed by atoms with Gasteiger partial charge < -0.3 is 15.4 Å². The summed E-state index contributed by atoms with van der Waals surface area (Å²) in [6.07, 6.45) is 0. The Labute approximate surface area is 212 Å². The highest BCUT2D eigenvalue weighted by molar-refractivity contribution is 6.53. The number of carbonyl (C=O) groups excluding carboxylic acids is 4. The Morgan fingerprint density at radius 1 is 0.889 bits per heavy atom. The third kappa shape index (κ3) is 4.85. The van der Waals surface area contributed by atoms with Crippen LogP contribution in [0.2, 0.25) is 0 Å². The summed E-state index contributed by atoms with van der Waals surface area (Å²) in [7, 11) is 1.24. The van der Waals surface area contributed by atoms with Gasteiger partial charge in [0.1, 0.15) is 10.7 Å². The molecule has 1 aliphatic heterocycles. The molecule has 0 unspecified atom stereocenters. The smallest absolute Gasteiger partial charge is 0.337 e. The molecule has 1 aliphatic rings. The number of rotatable bonds is 6. The van der Waals surface area contributed by atoms with E-state index in [1.165, 1.54) is 31.4 Å². The molecule has 0 radical (unpaired) electrons. The van der Waals surface area contributed by atoms with Crippen molar-refractivity contribution in [1.29, 1.82) is 0 Å². The minimum atomic E-state index is -0.726. The summed E-state index contributed by atoms with van der Waals surface area (Å²) < 4.78 is 4.69. The molecule has 0 spiro atoms. The molecule has 3 aromatic rings. The van der Waals surface area contributed by atoms with Gasteiger partial charge in [0.05, 0.1) is 18.4 Å². The van der Waals surface area contributed by atoms with Crippen LogP contribution in [0.1, 0.15) is 31.8 Å². The number of halogens is 1. The van der Waals surface area contributed by atoms with Gasteiger partial charge in [0.25, 0.3) is 17.7 Å². The Morgan fingerprint density at radius 2 is 1.61 bits per heavy atom. The third-order valence-corrected chi connectivity index (χ3v) is 5.96. The van der Waals surface area contributed by atoms with Crippen molar-refractivity contribution >= 4 is 52.4 Å². The number of benzene rings is 3. The van der Waals surface area contributed by atoms with E-state index in [1.54, 1.807) is 24.3 Å². The predicted molar refractivity (Wildman–Crippen MR) is 137 cm³/mol. The summed E-state index contributed by atoms with van der Waals surface area (Å²) in [6.45, 7) is 3.86. The van der Waals surface area contributed by atoms with Crippen LogP contribution in [0.3, 0.4) is 0 Å². The molecule has 0 saturated heterocycles. The molecule has 0 fully saturated rings. The second-order valence-corrected chi connectivity index (χ2v) is 8.53. The maximum atomic E-state index is 13.0. The van der Waals surface area contributed by atoms with Gasteiger partial charge in [-0.3, -0.25) is 14.4 Å². The second-order valence-electron chi connectivity index (χ2n) is 8.15. The van der Waals surface area contributed by atoms with Crippen molar-refractivity contribution in [2.75, 3.05) is 22.6 Å². The van der Waals surface area contributed by atoms with E-state index in [1.807, 2.05) is 32.0 Å². The Morgan fingerprint density at radius 3 is 2.31 bits per heavy atom. The highest BCUT2D eigenvalue weighted by Crippen LogP contribution is 2.31. The lowest BCUT2D eigenvalue weighted by atomic mass is 10.1. The van der Waals surface area contributed by atoms with E-state index in [0.29, 0.717) is 11.3 Å². The van der Waals surface area contributed by atoms with E-state index in [9.17, 15) is 19.2 Å². The molecule has 1 heterocycles. The van der Waals surface area contributed by atoms with Crippen LogP contribution >= 0.6 is 11.6 Å². The van der Waals surface area contributed by atoms with Crippen molar-refractivity contribution < 1.29 is 23.9 Å². The monoisotopic (exact) mass is 503 g/mol. The lowest BCUT2D eigenvalue weighted by Gasteiger charge is -2.16. The number of imide groups is 1. The molecular weight excluding hydrogens is 482 g/mol. The SMILES string of the molecule is COC(=O)c1cccc(N2C(=O)C(Cl)=C(Nc3ccc(C(=O)Nc4cc(C)ccc4C)cc3)C2=O)c1. The van der Waals surface area contributed by atoms with Gasteiger partial charge >= 0.3 is 5.97 Å². The number of hydrogen-bond acceptors (Lipinski definition) is 6. The van der Waals surface area contributed by atoms with Gasteiger partial charge in [-0.2, -0.15) is 0 Å². The first-order chi connectivity index (χ1) is 17.2. The summed E-state index contributed by atoms with van der Waals surface area (Å²) in [5.74, 6) is -2.29. The number of methoxy groups -OCH3 is 1. The highest BCUT2D eigenvalue weighted by atomic mass is 35.5. The summed E-state index contributed by atoms with van der Waals surface area (Å²) in [6, 6.07) is 18.1. The van der Waals surface area contributed by atoms with Crippen LogP contribution in [0.4, 0.5) is 17.1 Å². The van der Waals surface area contributed by atoms with Crippen LogP contribution in [-0.2, 0) is 14.3 Å². The number of hydrogen-bond donors (Lipinski definition) is 2. The van der Waals surface area contributed by atoms with Gasteiger partial charge in [-0.25, -0.2) is 9.69 Å². The number of anilines is 3. The van der Waals surface area contributed by atoms with E-state index in [4.69, 9.17) is 16.3 Å². The lowest BCUT2D eigenvalue weighted by molar-refractivity contribution is -0.120. The number of nitrogens with zero attached hydrogens (tertiary/aromatic N) is 1. The van der Waals surface area contributed by atoms with Crippen molar-refractivity contribution in [3.8, 4) is 0 Å². The molecule has 0 aromatic heterocycles. The minimum absolute atomic E-state index is 0.113. The minimum Gasteiger partial charge on any atom is -0.465 e. The Hall–Kier alpha value is -4.43. The van der Waals surface area contributed by atoms with Crippen LogP contribution in [0.25, 0.3) is 0 Å². The molecule has 4 rings (SSSR count). The van der Waals surface area contributed by atoms with Crippen molar-refractivity contribution in [3.63, 3.8) is 0 Å². The first-order valence-electron chi connectivity index (χ1n) is 10.9. The van der Waals surface area contributed by atoms with Crippen LogP contribution < -0.4 is 15.5 Å². The van der Waals surface area contributed by atoms with Gasteiger partial charge in [-0.05, 0) is 73.5 Å². The van der Waals surface area contributed by atoms with E-state index in [-0.39, 0.29) is 27.9 Å². The molecule has 9 heteroatoms. The van der Waals surface area contributed by atoms with Gasteiger partial charge in [-0.1, -0.05) is 29.8 Å². The molecule has 182 valence electrons. The molecule has 0 atom stereocenters. The largest absolute Gasteiger partial charge is 0.465 e. The number of esters is 1. The summed E-state index contributed by atoms with van der Waals surface area (Å²) in [5.41, 5.74) is 3.82. The molecule has 3 aromatic carbocycles. The van der Waals surface area contributed by atoms with Crippen molar-refractivity contribution in [3.05, 3.63) is 99.7 Å². The molecule has 0 bridgehead atoms. The number of carbonyl (C=O) groups is 4. The van der Waals surface area contributed by atoms with Crippen LogP contribution in [-0.4, -0.2) is 30.8 Å². The Balaban J connectivity index is 1.50. The van der Waals surface area contributed by atoms with Crippen molar-refractivity contribution in [2.45, 2.75) is 13.8 Å². The normalized spacial score (nSPS) is 13.2. The average Bonchev–Trinajstić information content (AvgIpc) is 3.09. The van der Waals surface area contributed by atoms with Gasteiger partial charge in [-0.15, -0.1) is 0 Å². The average molecular weight is 504 g/mol. The lowest BCUT2D eigenvalue weighted by Crippen LogP contribution is -2.32. The van der Waals surface area contributed by atoms with Crippen molar-refractivity contribution in [1.82, 2.24) is 0 Å². The standard InChI is InChI=1S/C27H22ClN3O5/c1-15-7-8-16(2)21(13-15)30-24(32)17-9-11-19(12-10-17)29-23-22(28)25(33)31(26(23)34)20-6-4-5-18(14-20)27(35)36-3/h4-14,29H,1-3H3,(H,30,32). The zero-order valence-corrected chi connectivity index (χ0v) is 20.5. The molecule has 3 amide bonds. The van der Waals surface area contributed by atoms with Gasteiger partial charge in [0.15, 0.2) is 0 Å². The molecule has 36 heavy (non-hydrogen) atoms. The molecule has 0 saturated carbocycles. The fourth-order valence-corrected chi connectivity index (χ4v) is 3.86. The highest BCUT2D eigenvalue weighted by Gasteiger charge is 2.39. The summed E-state index contributed by atoms with van der Waals surface area (Å²) in [4.78, 5) is 51.2. The van der Waals surface area contributed by atoms with Gasteiger partial charge in [0, 0.05) is 16.9 Å². The third-order valence-electron chi connectivity index (χ3n) is 5.61. The quantitative estimate of drug-likeness (QED) is 0.370. The molecular formula is C27H22ClN3O5. The zero-order chi connectivity index (χ0) is 26.0. The van der Waals surface area contributed by atoms with E-state index < -0.39 is 17.8 Å². The Bertz CT molecular complexity index is 1430. The number of nitrogens with one attached hydrogen (secondary N) is 2. The summed E-state index contributed by atoms with van der Waals surface area (Å²) >= 11 is 6.20. The maximum absolute atomic E-state index is 13.0. The number of ether oxygens (including phenoxy) is 1. The van der Waals surface area contributed by atoms with E-state index >= 15 is 0 Å². The van der Waals surface area contributed by atoms with Crippen LogP contribution in [0.15, 0.2) is 77.5 Å². The fourth-order valence-electron chi connectivity index (χ4n) is 3.65. The maximum Gasteiger partial charge on any atom is 0.337 e. The first kappa shape index (κ1) is 24.7. The molecule has 0 aliphatic carbocycles. The van der Waals surface area contributed by atoms with Crippen molar-refractivity contribution in [2.24, 2.45) is 0 Å². The van der Waals surface area contributed by atoms with Crippen LogP contribution in [0, 0.1) is 13.8 Å². The van der Waals surface area contributed by atoms with E-state index in [0.717, 1.165) is 21.7 Å². The second kappa shape index (κ2) is 10.1. The molecule has 8 nitrogen and oxygen atoms in total. The van der Waals surface area contributed by atoms with Gasteiger partial charge in [0.2, 0.25) is 0 Å². The first-order valence-corrected chi connectivity index (χ1v) is 11.3. The van der Waals surface area contributed by atoms with E-state index in [2.05, 4.69) is 10.6 Å². The number of aryl methyl sites for hydroxylation is 2. The summed E-state index contributed by atoms with van der Waals surface area (Å²) in [5, 5.41) is 5.46. The zero-order valence-electron chi connectivity index (χ0n) is 19.7. The number of amides is 3. The fraction of sp³-hybridized carbons (Fsp3) is 0.111. The Kier molecular flexibility index (Phi) is 6.89.